The summed E-state index contributed by atoms with van der Waals surface area (Å²) in [7, 11) is 0. The van der Waals surface area contributed by atoms with Crippen LogP contribution in [0.15, 0.2) is 5.38 Å². The normalized spacial score (nSPS) is 20.9. The molecule has 0 spiro atoms. The number of rotatable bonds is 2. The molecule has 0 unspecified atom stereocenters. The molecule has 2 aliphatic carbocycles. The summed E-state index contributed by atoms with van der Waals surface area (Å²) in [6, 6.07) is 0. The second-order valence-electron chi connectivity index (χ2n) is 6.52. The lowest BCUT2D eigenvalue weighted by molar-refractivity contribution is 0.0653. The smallest absolute Gasteiger partial charge is 0.199 e. The molecule has 4 N–H and O–H groups in total. The van der Waals surface area contributed by atoms with Crippen molar-refractivity contribution in [3.63, 3.8) is 0 Å². The van der Waals surface area contributed by atoms with Gasteiger partial charge >= 0.3 is 0 Å². The molecule has 0 aliphatic heterocycles. The Labute approximate surface area is 165 Å². The van der Waals surface area contributed by atoms with Crippen molar-refractivity contribution in [2.45, 2.75) is 25.0 Å². The van der Waals surface area contributed by atoms with E-state index in [0.717, 1.165) is 11.3 Å². The monoisotopic (exact) mass is 452 g/mol. The average Bonchev–Trinajstić information content (AvgIpc) is 3.07. The lowest BCUT2D eigenvalue weighted by atomic mass is 9.77. The van der Waals surface area contributed by atoms with Crippen LogP contribution in [0, 0.1) is 0 Å². The number of phenols is 2. The molecule has 0 amide bonds. The van der Waals surface area contributed by atoms with E-state index in [1.54, 1.807) is 0 Å². The molecule has 4 rings (SSSR count). The Morgan fingerprint density at radius 2 is 1.78 bits per heavy atom. The Hall–Kier alpha value is -2.07. The number of aliphatic hydroxyl groups excluding tert-OH is 2. The summed E-state index contributed by atoms with van der Waals surface area (Å²) in [6.45, 7) is 0. The van der Waals surface area contributed by atoms with E-state index < -0.39 is 40.8 Å². The quantitative estimate of drug-likeness (QED) is 0.265. The van der Waals surface area contributed by atoms with Gasteiger partial charge < -0.3 is 20.4 Å². The van der Waals surface area contributed by atoms with Crippen molar-refractivity contribution in [3.05, 3.63) is 43.6 Å². The molecule has 0 saturated heterocycles. The van der Waals surface area contributed by atoms with Gasteiger partial charge in [-0.05, 0) is 0 Å². The number of ketones is 3. The van der Waals surface area contributed by atoms with Crippen LogP contribution < -0.4 is 0 Å². The lowest BCUT2D eigenvalue weighted by Gasteiger charge is -2.30. The van der Waals surface area contributed by atoms with Crippen molar-refractivity contribution in [1.29, 1.82) is 0 Å². The van der Waals surface area contributed by atoms with Crippen LogP contribution in [0.2, 0.25) is 0 Å². The maximum atomic E-state index is 13.1. The zero-order chi connectivity index (χ0) is 19.6. The number of hydrogen-bond acceptors (Lipinski definition) is 8. The Bertz CT molecular complexity index is 1040. The Balaban J connectivity index is 2.03. The molecule has 2 atom stereocenters. The van der Waals surface area contributed by atoms with Gasteiger partial charge in [0.15, 0.2) is 17.3 Å². The van der Waals surface area contributed by atoms with Gasteiger partial charge in [0.25, 0.3) is 0 Å². The highest BCUT2D eigenvalue weighted by molar-refractivity contribution is 9.09. The summed E-state index contributed by atoms with van der Waals surface area (Å²) in [6.07, 6.45) is -2.39. The topological polar surface area (TPSA) is 132 Å². The molecule has 7 nitrogen and oxygen atoms in total. The first-order chi connectivity index (χ1) is 12.8. The van der Waals surface area contributed by atoms with Crippen LogP contribution in [0.25, 0.3) is 0 Å². The predicted molar refractivity (Wildman–Crippen MR) is 98.4 cm³/mol. The highest BCUT2D eigenvalue weighted by Crippen LogP contribution is 2.49. The molecular formula is C18H13BrO7S. The molecule has 2 aromatic rings. The second-order valence-corrected chi connectivity index (χ2v) is 7.96. The first-order valence-electron chi connectivity index (χ1n) is 8.04. The van der Waals surface area contributed by atoms with Crippen molar-refractivity contribution in [1.82, 2.24) is 0 Å². The molecule has 2 aliphatic rings. The highest BCUT2D eigenvalue weighted by Gasteiger charge is 2.42. The van der Waals surface area contributed by atoms with Crippen molar-refractivity contribution >= 4 is 44.6 Å². The molecule has 0 radical (unpaired) electrons. The molecule has 0 fully saturated rings. The van der Waals surface area contributed by atoms with Crippen LogP contribution >= 0.6 is 27.3 Å². The van der Waals surface area contributed by atoms with Crippen LogP contribution in [-0.2, 0) is 6.42 Å². The number of alkyl halides is 1. The third-order valence-electron chi connectivity index (χ3n) is 4.95. The van der Waals surface area contributed by atoms with E-state index in [-0.39, 0.29) is 56.6 Å². The largest absolute Gasteiger partial charge is 0.507 e. The van der Waals surface area contributed by atoms with Crippen molar-refractivity contribution in [2.75, 3.05) is 5.33 Å². The van der Waals surface area contributed by atoms with E-state index in [2.05, 4.69) is 15.9 Å². The number of fused-ring (bicyclic) bond motifs is 3. The number of carbonyl (C=O) groups excluding carboxylic acids is 3. The molecule has 1 aromatic carbocycles. The summed E-state index contributed by atoms with van der Waals surface area (Å²) < 4.78 is 0. The van der Waals surface area contributed by atoms with E-state index >= 15 is 0 Å². The summed E-state index contributed by atoms with van der Waals surface area (Å²) in [4.78, 5) is 38.2. The molecule has 9 heteroatoms. The average molecular weight is 453 g/mol. The number of phenolic OH excluding ortho intramolecular Hbond substituents is 2. The maximum absolute atomic E-state index is 13.1. The van der Waals surface area contributed by atoms with E-state index in [1.165, 1.54) is 5.38 Å². The van der Waals surface area contributed by atoms with Crippen LogP contribution in [0.3, 0.4) is 0 Å². The number of carbonyl (C=O) groups is 3. The predicted octanol–water partition coefficient (Wildman–Crippen LogP) is 1.85. The molecule has 140 valence electrons. The maximum Gasteiger partial charge on any atom is 0.199 e. The third-order valence-corrected chi connectivity index (χ3v) is 6.48. The van der Waals surface area contributed by atoms with Crippen molar-refractivity contribution in [3.8, 4) is 11.5 Å². The number of halogens is 1. The Morgan fingerprint density at radius 3 is 2.44 bits per heavy atom. The van der Waals surface area contributed by atoms with Gasteiger partial charge in [0, 0.05) is 34.9 Å². The zero-order valence-electron chi connectivity index (χ0n) is 13.7. The number of thiophene rings is 1. The molecule has 27 heavy (non-hydrogen) atoms. The summed E-state index contributed by atoms with van der Waals surface area (Å²) in [5, 5.41) is 42.8. The Kier molecular flexibility index (Phi) is 4.22. The highest BCUT2D eigenvalue weighted by atomic mass is 79.9. The number of aromatic hydroxyl groups is 2. The number of benzene rings is 1. The fraction of sp³-hybridized carbons (Fsp3) is 0.278. The lowest BCUT2D eigenvalue weighted by Crippen LogP contribution is -2.27. The third kappa shape index (κ3) is 2.42. The van der Waals surface area contributed by atoms with E-state index in [9.17, 15) is 34.8 Å². The standard InChI is InChI=1S/C18H13BrO7S/c19-3-9(22)18-11-7(4-27-18)15(24)13-12(17(11)26)14(23)6-1-5(20)2-8(21)10(6)16(13)25/h4-5,8,20-21,23,25H,1-3H2/t5-,8+/m1/s1. The van der Waals surface area contributed by atoms with Crippen LogP contribution in [0.1, 0.15) is 65.2 Å². The molecular weight excluding hydrogens is 440 g/mol. The van der Waals surface area contributed by atoms with Gasteiger partial charge in [-0.25, -0.2) is 0 Å². The molecule has 1 aromatic heterocycles. The minimum absolute atomic E-state index is 0.0122. The van der Waals surface area contributed by atoms with Crippen LogP contribution in [-0.4, -0.2) is 49.2 Å². The fourth-order valence-electron chi connectivity index (χ4n) is 3.77. The van der Waals surface area contributed by atoms with Crippen LogP contribution in [0.5, 0.6) is 11.5 Å². The number of aliphatic hydroxyl groups is 2. The zero-order valence-corrected chi connectivity index (χ0v) is 16.1. The van der Waals surface area contributed by atoms with Gasteiger partial charge in [-0.15, -0.1) is 11.3 Å². The van der Waals surface area contributed by atoms with Gasteiger partial charge in [0.05, 0.1) is 39.1 Å². The van der Waals surface area contributed by atoms with Gasteiger partial charge in [-0.1, -0.05) is 15.9 Å². The molecule has 0 saturated carbocycles. The van der Waals surface area contributed by atoms with E-state index in [4.69, 9.17) is 0 Å². The fourth-order valence-corrected chi connectivity index (χ4v) is 5.22. The summed E-state index contributed by atoms with van der Waals surface area (Å²) >= 11 is 3.98. The number of hydrogen-bond donors (Lipinski definition) is 4. The van der Waals surface area contributed by atoms with Gasteiger partial charge in [0.1, 0.15) is 11.5 Å². The van der Waals surface area contributed by atoms with E-state index in [1.807, 2.05) is 0 Å². The summed E-state index contributed by atoms with van der Waals surface area (Å²) in [5.74, 6) is -2.93. The second kappa shape index (κ2) is 6.23. The van der Waals surface area contributed by atoms with Crippen LogP contribution in [0.4, 0.5) is 0 Å². The van der Waals surface area contributed by atoms with Crippen molar-refractivity contribution in [2.24, 2.45) is 0 Å². The molecule has 0 bridgehead atoms. The first kappa shape index (κ1) is 18.3. The van der Waals surface area contributed by atoms with Gasteiger partial charge in [-0.3, -0.25) is 14.4 Å². The van der Waals surface area contributed by atoms with Crippen molar-refractivity contribution < 1.29 is 34.8 Å². The van der Waals surface area contributed by atoms with Gasteiger partial charge in [0.2, 0.25) is 0 Å². The first-order valence-corrected chi connectivity index (χ1v) is 10.0. The molecule has 1 heterocycles. The van der Waals surface area contributed by atoms with Gasteiger partial charge in [-0.2, -0.15) is 0 Å². The minimum atomic E-state index is -1.28. The SMILES string of the molecule is O=C(CBr)c1scc2c1C(=O)c1c(O)c3c(c(O)c1C2=O)[C@@H](O)C[C@H](O)C3. The van der Waals surface area contributed by atoms with E-state index in [0.29, 0.717) is 0 Å². The summed E-state index contributed by atoms with van der Waals surface area (Å²) in [5.41, 5.74) is -0.893. The minimum Gasteiger partial charge on any atom is -0.507 e. The Morgan fingerprint density at radius 1 is 1.11 bits per heavy atom. The number of Topliss-reactive ketones (excluding diaryl/α,β-unsaturated/α-hetero) is 1.